The Morgan fingerprint density at radius 2 is 1.77 bits per heavy atom. The van der Waals surface area contributed by atoms with Gasteiger partial charge in [0, 0.05) is 30.8 Å². The number of rotatable bonds is 9. The molecule has 0 saturated heterocycles. The van der Waals surface area contributed by atoms with Crippen molar-refractivity contribution in [1.82, 2.24) is 9.38 Å². The minimum atomic E-state index is 0.546. The maximum absolute atomic E-state index is 6.20. The van der Waals surface area contributed by atoms with Gasteiger partial charge in [0.2, 0.25) is 5.75 Å². The second-order valence-corrected chi connectivity index (χ2v) is 8.27. The number of hydrogen-bond donors (Lipinski definition) is 1. The van der Waals surface area contributed by atoms with Crippen molar-refractivity contribution < 1.29 is 18.9 Å². The van der Waals surface area contributed by atoms with Crippen molar-refractivity contribution in [2.75, 3.05) is 46.9 Å². The predicted octanol–water partition coefficient (Wildman–Crippen LogP) is 5.34. The van der Waals surface area contributed by atoms with E-state index in [1.54, 1.807) is 39.8 Å². The third kappa shape index (κ3) is 3.98. The number of aromatic nitrogens is 2. The van der Waals surface area contributed by atoms with Gasteiger partial charge in [-0.2, -0.15) is 0 Å². The lowest BCUT2D eigenvalue weighted by atomic mass is 10.1. The minimum absolute atomic E-state index is 0.546. The molecule has 2 aromatic carbocycles. The van der Waals surface area contributed by atoms with Gasteiger partial charge in [-0.05, 0) is 36.8 Å². The highest BCUT2D eigenvalue weighted by Gasteiger charge is 2.22. The van der Waals surface area contributed by atoms with Crippen LogP contribution in [0.4, 0.5) is 5.82 Å². The molecule has 0 amide bonds. The van der Waals surface area contributed by atoms with Crippen molar-refractivity contribution in [1.29, 1.82) is 0 Å². The number of nitrogens with zero attached hydrogens (tertiary/aromatic N) is 2. The second-order valence-electron chi connectivity index (χ2n) is 6.83. The minimum Gasteiger partial charge on any atom is -0.493 e. The molecule has 0 unspecified atom stereocenters. The Hall–Kier alpha value is -2.68. The number of nitrogens with one attached hydrogen (secondary N) is 1. The Morgan fingerprint density at radius 1 is 1.03 bits per heavy atom. The van der Waals surface area contributed by atoms with E-state index in [1.807, 2.05) is 30.3 Å². The highest BCUT2D eigenvalue weighted by Crippen LogP contribution is 2.44. The van der Waals surface area contributed by atoms with Crippen LogP contribution in [-0.2, 0) is 4.74 Å². The van der Waals surface area contributed by atoms with Crippen LogP contribution in [0, 0.1) is 0 Å². The summed E-state index contributed by atoms with van der Waals surface area (Å²) in [6.07, 6.45) is 0.867. The van der Waals surface area contributed by atoms with Gasteiger partial charge in [0.25, 0.3) is 0 Å². The first-order valence-corrected chi connectivity index (χ1v) is 10.9. The summed E-state index contributed by atoms with van der Waals surface area (Å²) in [5.41, 5.74) is 2.71. The number of imidazole rings is 1. The molecule has 9 heteroatoms. The first-order chi connectivity index (χ1) is 15.1. The number of hydrogen-bond acceptors (Lipinski definition) is 7. The average molecular weight is 462 g/mol. The molecule has 0 aliphatic carbocycles. The molecule has 4 rings (SSSR count). The van der Waals surface area contributed by atoms with E-state index in [9.17, 15) is 0 Å². The van der Waals surface area contributed by atoms with Gasteiger partial charge in [0.15, 0.2) is 16.5 Å². The molecule has 0 bridgehead atoms. The lowest BCUT2D eigenvalue weighted by Gasteiger charge is -2.14. The van der Waals surface area contributed by atoms with Gasteiger partial charge in [-0.25, -0.2) is 4.98 Å². The van der Waals surface area contributed by atoms with Gasteiger partial charge < -0.3 is 24.3 Å². The summed E-state index contributed by atoms with van der Waals surface area (Å²) >= 11 is 7.79. The van der Waals surface area contributed by atoms with Crippen molar-refractivity contribution in [3.8, 4) is 28.5 Å². The number of benzene rings is 2. The summed E-state index contributed by atoms with van der Waals surface area (Å²) in [7, 11) is 6.50. The third-order valence-electron chi connectivity index (χ3n) is 4.97. The van der Waals surface area contributed by atoms with Gasteiger partial charge in [0.05, 0.1) is 31.5 Å². The zero-order valence-electron chi connectivity index (χ0n) is 17.8. The Labute approximate surface area is 189 Å². The number of halogens is 1. The van der Waals surface area contributed by atoms with E-state index in [0.717, 1.165) is 45.2 Å². The van der Waals surface area contributed by atoms with E-state index in [2.05, 4.69) is 9.72 Å². The summed E-state index contributed by atoms with van der Waals surface area (Å²) in [5.74, 6) is 2.60. The molecule has 0 aliphatic rings. The fourth-order valence-corrected chi connectivity index (χ4v) is 4.85. The number of ether oxygens (including phenoxy) is 4. The van der Waals surface area contributed by atoms with Gasteiger partial charge in [-0.3, -0.25) is 4.40 Å². The monoisotopic (exact) mass is 461 g/mol. The molecular formula is C22H24ClN3O4S. The van der Waals surface area contributed by atoms with Crippen LogP contribution >= 0.6 is 22.9 Å². The second kappa shape index (κ2) is 9.21. The molecule has 0 radical (unpaired) electrons. The summed E-state index contributed by atoms with van der Waals surface area (Å²) < 4.78 is 25.0. The molecule has 31 heavy (non-hydrogen) atoms. The molecule has 1 N–H and O–H groups in total. The standard InChI is InChI=1S/C22H24ClN3O4S/c1-27-9-5-8-24-21-19(13-10-16(28-2)20(30-4)17(11-13)29-3)25-22-26(21)15-7-6-14(23)12-18(15)31-22/h6-7,10-12,24H,5,8-9H2,1-4H3. The van der Waals surface area contributed by atoms with E-state index in [-0.39, 0.29) is 0 Å². The van der Waals surface area contributed by atoms with Crippen LogP contribution in [0.15, 0.2) is 30.3 Å². The molecule has 2 heterocycles. The van der Waals surface area contributed by atoms with Gasteiger partial charge in [0.1, 0.15) is 11.5 Å². The Balaban J connectivity index is 1.90. The Kier molecular flexibility index (Phi) is 6.41. The van der Waals surface area contributed by atoms with Crippen molar-refractivity contribution in [2.45, 2.75) is 6.42 Å². The zero-order valence-corrected chi connectivity index (χ0v) is 19.4. The molecule has 7 nitrogen and oxygen atoms in total. The molecule has 0 atom stereocenters. The third-order valence-corrected chi connectivity index (χ3v) is 6.20. The highest BCUT2D eigenvalue weighted by atomic mass is 35.5. The predicted molar refractivity (Wildman–Crippen MR) is 126 cm³/mol. The smallest absolute Gasteiger partial charge is 0.203 e. The molecular weight excluding hydrogens is 438 g/mol. The van der Waals surface area contributed by atoms with E-state index in [4.69, 9.17) is 35.5 Å². The normalized spacial score (nSPS) is 11.3. The fourth-order valence-electron chi connectivity index (χ4n) is 3.55. The van der Waals surface area contributed by atoms with Crippen LogP contribution in [0.5, 0.6) is 17.2 Å². The Bertz CT molecular complexity index is 1200. The van der Waals surface area contributed by atoms with Crippen LogP contribution in [0.2, 0.25) is 5.02 Å². The quantitative estimate of drug-likeness (QED) is 0.339. The van der Waals surface area contributed by atoms with Crippen molar-refractivity contribution in [3.63, 3.8) is 0 Å². The van der Waals surface area contributed by atoms with Gasteiger partial charge >= 0.3 is 0 Å². The van der Waals surface area contributed by atoms with E-state index in [0.29, 0.717) is 28.9 Å². The maximum atomic E-state index is 6.20. The zero-order chi connectivity index (χ0) is 22.0. The molecule has 0 aliphatic heterocycles. The van der Waals surface area contributed by atoms with Crippen LogP contribution in [0.1, 0.15) is 6.42 Å². The largest absolute Gasteiger partial charge is 0.493 e. The average Bonchev–Trinajstić information content (AvgIpc) is 3.31. The molecule has 0 spiro atoms. The van der Waals surface area contributed by atoms with Gasteiger partial charge in [-0.15, -0.1) is 0 Å². The lowest BCUT2D eigenvalue weighted by Crippen LogP contribution is -2.07. The van der Waals surface area contributed by atoms with Crippen LogP contribution in [0.3, 0.4) is 0 Å². The van der Waals surface area contributed by atoms with Crippen molar-refractivity contribution in [3.05, 3.63) is 35.4 Å². The van der Waals surface area contributed by atoms with E-state index >= 15 is 0 Å². The summed E-state index contributed by atoms with van der Waals surface area (Å²) in [5, 5.41) is 4.25. The first kappa shape index (κ1) is 21.5. The molecule has 4 aromatic rings. The Morgan fingerprint density at radius 3 is 2.42 bits per heavy atom. The molecule has 164 valence electrons. The van der Waals surface area contributed by atoms with Crippen LogP contribution < -0.4 is 19.5 Å². The number of anilines is 1. The topological polar surface area (TPSA) is 66.2 Å². The molecule has 0 saturated carbocycles. The number of fused-ring (bicyclic) bond motifs is 3. The molecule has 2 aromatic heterocycles. The lowest BCUT2D eigenvalue weighted by molar-refractivity contribution is 0.198. The summed E-state index contributed by atoms with van der Waals surface area (Å²) in [6, 6.07) is 9.69. The first-order valence-electron chi connectivity index (χ1n) is 9.75. The van der Waals surface area contributed by atoms with Crippen molar-refractivity contribution in [2.24, 2.45) is 0 Å². The highest BCUT2D eigenvalue weighted by molar-refractivity contribution is 7.23. The number of methoxy groups -OCH3 is 4. The van der Waals surface area contributed by atoms with Crippen LogP contribution in [-0.4, -0.2) is 51.0 Å². The SMILES string of the molecule is COCCCNc1c(-c2cc(OC)c(OC)c(OC)c2)nc2sc3cc(Cl)ccc3n12. The summed E-state index contributed by atoms with van der Waals surface area (Å²) in [6.45, 7) is 1.42. The maximum Gasteiger partial charge on any atom is 0.203 e. The van der Waals surface area contributed by atoms with Crippen LogP contribution in [0.25, 0.3) is 26.4 Å². The van der Waals surface area contributed by atoms with Gasteiger partial charge in [-0.1, -0.05) is 22.9 Å². The molecule has 0 fully saturated rings. The number of thiazole rings is 1. The van der Waals surface area contributed by atoms with Crippen molar-refractivity contribution >= 4 is 43.9 Å². The summed E-state index contributed by atoms with van der Waals surface area (Å²) in [4.78, 5) is 5.82. The van der Waals surface area contributed by atoms with E-state index in [1.165, 1.54) is 0 Å². The van der Waals surface area contributed by atoms with E-state index < -0.39 is 0 Å². The fraction of sp³-hybridized carbons (Fsp3) is 0.318.